The van der Waals surface area contributed by atoms with Gasteiger partial charge in [0.25, 0.3) is 0 Å². The number of carbonyl (C=O) groups is 1. The molecular weight excluding hydrogens is 252 g/mol. The van der Waals surface area contributed by atoms with Gasteiger partial charge in [0.15, 0.2) is 0 Å². The number of aromatic nitrogens is 1. The van der Waals surface area contributed by atoms with Crippen molar-refractivity contribution in [1.82, 2.24) is 10.3 Å². The summed E-state index contributed by atoms with van der Waals surface area (Å²) in [4.78, 5) is 14.8. The summed E-state index contributed by atoms with van der Waals surface area (Å²) in [7, 11) is 0. The Labute approximate surface area is 118 Å². The number of carboxylic acids is 1. The molecule has 1 aromatic heterocycles. The minimum atomic E-state index is -0.709. The molecule has 0 aliphatic carbocycles. The molecule has 0 aliphatic rings. The number of nitrogens with zero attached hydrogens (tertiary/aromatic N) is 1. The second-order valence-electron chi connectivity index (χ2n) is 4.87. The monoisotopic (exact) mass is 272 g/mol. The molecule has 1 aromatic carbocycles. The molecule has 106 valence electrons. The average molecular weight is 272 g/mol. The maximum absolute atomic E-state index is 10.4. The molecule has 1 heterocycles. The first-order chi connectivity index (χ1) is 9.77. The fourth-order valence-electron chi connectivity index (χ4n) is 2.24. The highest BCUT2D eigenvalue weighted by Gasteiger charge is 2.01. The van der Waals surface area contributed by atoms with Crippen LogP contribution in [0.1, 0.15) is 31.2 Å². The van der Waals surface area contributed by atoms with Crippen LogP contribution in [0.5, 0.6) is 0 Å². The largest absolute Gasteiger partial charge is 0.481 e. The van der Waals surface area contributed by atoms with Crippen LogP contribution in [0.3, 0.4) is 0 Å². The fraction of sp³-hybridized carbons (Fsp3) is 0.375. The number of unbranched alkanes of at least 4 members (excludes halogenated alkanes) is 2. The van der Waals surface area contributed by atoms with Crippen LogP contribution in [-0.4, -0.2) is 22.6 Å². The zero-order valence-electron chi connectivity index (χ0n) is 11.5. The third-order valence-corrected chi connectivity index (χ3v) is 3.28. The smallest absolute Gasteiger partial charge is 0.303 e. The predicted octanol–water partition coefficient (Wildman–Crippen LogP) is 2.97. The van der Waals surface area contributed by atoms with E-state index in [4.69, 9.17) is 5.11 Å². The Morgan fingerprint density at radius 1 is 1.15 bits per heavy atom. The van der Waals surface area contributed by atoms with Crippen LogP contribution in [0, 0.1) is 0 Å². The zero-order valence-corrected chi connectivity index (χ0v) is 11.5. The van der Waals surface area contributed by atoms with Crippen LogP contribution in [0.25, 0.3) is 10.9 Å². The maximum atomic E-state index is 10.4. The van der Waals surface area contributed by atoms with Gasteiger partial charge in [-0.1, -0.05) is 30.7 Å². The van der Waals surface area contributed by atoms with Crippen LogP contribution in [0.4, 0.5) is 0 Å². The van der Waals surface area contributed by atoms with Gasteiger partial charge in [-0.05, 0) is 31.0 Å². The number of carboxylic acid groups (broad SMARTS) is 1. The van der Waals surface area contributed by atoms with Gasteiger partial charge in [-0.3, -0.25) is 9.78 Å². The van der Waals surface area contributed by atoms with Gasteiger partial charge in [-0.15, -0.1) is 0 Å². The van der Waals surface area contributed by atoms with E-state index in [0.29, 0.717) is 0 Å². The van der Waals surface area contributed by atoms with E-state index < -0.39 is 5.97 Å². The lowest BCUT2D eigenvalue weighted by atomic mass is 10.1. The number of aliphatic carboxylic acids is 1. The zero-order chi connectivity index (χ0) is 14.2. The number of benzene rings is 1. The summed E-state index contributed by atoms with van der Waals surface area (Å²) >= 11 is 0. The minimum Gasteiger partial charge on any atom is -0.481 e. The number of rotatable bonds is 8. The number of hydrogen-bond acceptors (Lipinski definition) is 3. The van der Waals surface area contributed by atoms with E-state index in [9.17, 15) is 4.79 Å². The second kappa shape index (κ2) is 7.60. The number of hydrogen-bond donors (Lipinski definition) is 2. The first kappa shape index (κ1) is 14.5. The van der Waals surface area contributed by atoms with E-state index in [2.05, 4.69) is 28.5 Å². The molecule has 0 amide bonds. The predicted molar refractivity (Wildman–Crippen MR) is 79.6 cm³/mol. The first-order valence-electron chi connectivity index (χ1n) is 7.02. The molecule has 20 heavy (non-hydrogen) atoms. The van der Waals surface area contributed by atoms with Crippen molar-refractivity contribution in [3.8, 4) is 0 Å². The van der Waals surface area contributed by atoms with Crippen molar-refractivity contribution in [1.29, 1.82) is 0 Å². The molecule has 0 fully saturated rings. The van der Waals surface area contributed by atoms with E-state index >= 15 is 0 Å². The van der Waals surface area contributed by atoms with Crippen molar-refractivity contribution < 1.29 is 9.90 Å². The van der Waals surface area contributed by atoms with Crippen molar-refractivity contribution in [2.24, 2.45) is 0 Å². The molecule has 0 saturated heterocycles. The normalized spacial score (nSPS) is 10.8. The summed E-state index contributed by atoms with van der Waals surface area (Å²) in [5.41, 5.74) is 2.25. The maximum Gasteiger partial charge on any atom is 0.303 e. The van der Waals surface area contributed by atoms with Crippen molar-refractivity contribution in [2.75, 3.05) is 6.54 Å². The van der Waals surface area contributed by atoms with Gasteiger partial charge >= 0.3 is 5.97 Å². The standard InChI is InChI=1S/C16H20N2O2/c19-15(20)9-2-1-3-10-17-12-14-7-4-6-13-8-5-11-18-16(13)14/h4-8,11,17H,1-3,9-10,12H2,(H,19,20). The molecule has 4 nitrogen and oxygen atoms in total. The SMILES string of the molecule is O=C(O)CCCCCNCc1cccc2cccnc12. The summed E-state index contributed by atoms with van der Waals surface area (Å²) in [6.45, 7) is 1.70. The molecule has 0 saturated carbocycles. The van der Waals surface area contributed by atoms with Crippen LogP contribution >= 0.6 is 0 Å². The second-order valence-corrected chi connectivity index (χ2v) is 4.87. The highest BCUT2D eigenvalue weighted by Crippen LogP contribution is 2.15. The minimum absolute atomic E-state index is 0.271. The molecule has 4 heteroatoms. The Bertz CT molecular complexity index is 564. The van der Waals surface area contributed by atoms with Gasteiger partial charge in [0.1, 0.15) is 0 Å². The van der Waals surface area contributed by atoms with Gasteiger partial charge in [0.2, 0.25) is 0 Å². The lowest BCUT2D eigenvalue weighted by molar-refractivity contribution is -0.137. The molecule has 2 aromatic rings. The van der Waals surface area contributed by atoms with Crippen molar-refractivity contribution in [3.05, 3.63) is 42.1 Å². The Morgan fingerprint density at radius 3 is 2.85 bits per heavy atom. The topological polar surface area (TPSA) is 62.2 Å². The molecule has 2 rings (SSSR count). The third-order valence-electron chi connectivity index (χ3n) is 3.28. The number of nitrogens with one attached hydrogen (secondary N) is 1. The Hall–Kier alpha value is -1.94. The number of pyridine rings is 1. The van der Waals surface area contributed by atoms with E-state index in [1.165, 1.54) is 5.56 Å². The van der Waals surface area contributed by atoms with Crippen LogP contribution < -0.4 is 5.32 Å². The summed E-state index contributed by atoms with van der Waals surface area (Å²) < 4.78 is 0. The molecule has 0 spiro atoms. The van der Waals surface area contributed by atoms with Gasteiger partial charge in [0, 0.05) is 24.5 Å². The van der Waals surface area contributed by atoms with E-state index in [1.54, 1.807) is 0 Å². The van der Waals surface area contributed by atoms with Crippen LogP contribution in [0.2, 0.25) is 0 Å². The Kier molecular flexibility index (Phi) is 5.50. The molecule has 0 aliphatic heterocycles. The molecular formula is C16H20N2O2. The highest BCUT2D eigenvalue weighted by molar-refractivity contribution is 5.81. The third kappa shape index (κ3) is 4.31. The van der Waals surface area contributed by atoms with Crippen LogP contribution in [0.15, 0.2) is 36.5 Å². The van der Waals surface area contributed by atoms with E-state index in [1.807, 2.05) is 18.3 Å². The van der Waals surface area contributed by atoms with Crippen molar-refractivity contribution in [3.63, 3.8) is 0 Å². The lowest BCUT2D eigenvalue weighted by Gasteiger charge is -2.07. The Balaban J connectivity index is 1.75. The van der Waals surface area contributed by atoms with Gasteiger partial charge in [0.05, 0.1) is 5.52 Å². The Morgan fingerprint density at radius 2 is 2.00 bits per heavy atom. The van der Waals surface area contributed by atoms with E-state index in [-0.39, 0.29) is 6.42 Å². The fourth-order valence-corrected chi connectivity index (χ4v) is 2.24. The summed E-state index contributed by atoms with van der Waals surface area (Å²) in [6.07, 6.45) is 4.80. The molecule has 0 bridgehead atoms. The van der Waals surface area contributed by atoms with Crippen molar-refractivity contribution in [2.45, 2.75) is 32.2 Å². The van der Waals surface area contributed by atoms with Crippen molar-refractivity contribution >= 4 is 16.9 Å². The van der Waals surface area contributed by atoms with Crippen LogP contribution in [-0.2, 0) is 11.3 Å². The quantitative estimate of drug-likeness (QED) is 0.725. The van der Waals surface area contributed by atoms with Gasteiger partial charge in [-0.2, -0.15) is 0 Å². The van der Waals surface area contributed by atoms with Gasteiger partial charge < -0.3 is 10.4 Å². The summed E-state index contributed by atoms with van der Waals surface area (Å²) in [5, 5.41) is 13.1. The van der Waals surface area contributed by atoms with Gasteiger partial charge in [-0.25, -0.2) is 0 Å². The molecule has 0 unspecified atom stereocenters. The molecule has 0 radical (unpaired) electrons. The number of fused-ring (bicyclic) bond motifs is 1. The first-order valence-corrected chi connectivity index (χ1v) is 7.02. The molecule has 0 atom stereocenters. The highest BCUT2D eigenvalue weighted by atomic mass is 16.4. The molecule has 2 N–H and O–H groups in total. The van der Waals surface area contributed by atoms with E-state index in [0.717, 1.165) is 43.3 Å². The number of para-hydroxylation sites is 1. The summed E-state index contributed by atoms with van der Waals surface area (Å²) in [6, 6.07) is 10.2. The lowest BCUT2D eigenvalue weighted by Crippen LogP contribution is -2.15. The summed E-state index contributed by atoms with van der Waals surface area (Å²) in [5.74, 6) is -0.709. The average Bonchev–Trinajstić information content (AvgIpc) is 2.46.